The first-order valence-corrected chi connectivity index (χ1v) is 7.08. The fourth-order valence-electron chi connectivity index (χ4n) is 2.08. The van der Waals surface area contributed by atoms with Gasteiger partial charge in [0.1, 0.15) is 11.5 Å². The fourth-order valence-corrected chi connectivity index (χ4v) is 2.27. The van der Waals surface area contributed by atoms with Gasteiger partial charge >= 0.3 is 6.03 Å². The Balaban J connectivity index is 1.95. The number of benzene rings is 1. The minimum Gasteiger partial charge on any atom is -0.329 e. The number of nitrogens with one attached hydrogen (secondary N) is 2. The van der Waals surface area contributed by atoms with Crippen molar-refractivity contribution in [2.45, 2.75) is 0 Å². The first-order chi connectivity index (χ1) is 11.0. The Kier molecular flexibility index (Phi) is 3.94. The Morgan fingerprint density at radius 1 is 1.13 bits per heavy atom. The van der Waals surface area contributed by atoms with Gasteiger partial charge in [0.25, 0.3) is 5.91 Å². The summed E-state index contributed by atoms with van der Waals surface area (Å²) in [6.45, 7) is 0. The van der Waals surface area contributed by atoms with Crippen LogP contribution in [0.25, 0.3) is 6.08 Å². The van der Waals surface area contributed by atoms with Crippen LogP contribution < -0.4 is 15.5 Å². The van der Waals surface area contributed by atoms with E-state index >= 15 is 0 Å². The van der Waals surface area contributed by atoms with Crippen LogP contribution in [0.2, 0.25) is 5.28 Å². The van der Waals surface area contributed by atoms with Crippen LogP contribution in [0.15, 0.2) is 42.1 Å². The largest absolute Gasteiger partial charge is 0.329 e. The SMILES string of the molecule is CN(c1ccccc1)c1cc(/C=C2\NC(=O)NC2=O)nc(Cl)n1. The van der Waals surface area contributed by atoms with Gasteiger partial charge in [-0.05, 0) is 29.8 Å². The van der Waals surface area contributed by atoms with Crippen molar-refractivity contribution in [1.82, 2.24) is 20.6 Å². The molecule has 2 aromatic rings. The molecule has 1 saturated heterocycles. The number of hydrogen-bond acceptors (Lipinski definition) is 5. The lowest BCUT2D eigenvalue weighted by atomic mass is 10.2. The number of para-hydroxylation sites is 1. The summed E-state index contributed by atoms with van der Waals surface area (Å²) in [5, 5.41) is 4.56. The maximum absolute atomic E-state index is 11.6. The summed E-state index contributed by atoms with van der Waals surface area (Å²) in [7, 11) is 1.84. The van der Waals surface area contributed by atoms with Gasteiger partial charge in [-0.1, -0.05) is 18.2 Å². The standard InChI is InChI=1S/C15H12ClN5O2/c1-21(10-5-3-2-4-6-10)12-8-9(17-14(16)19-12)7-11-13(22)20-15(23)18-11/h2-8H,1H3,(H2,18,20,22,23)/b11-7-. The van der Waals surface area contributed by atoms with Crippen molar-refractivity contribution in [3.05, 3.63) is 53.1 Å². The Morgan fingerprint density at radius 2 is 1.87 bits per heavy atom. The number of anilines is 2. The van der Waals surface area contributed by atoms with E-state index in [-0.39, 0.29) is 11.0 Å². The van der Waals surface area contributed by atoms with Crippen LogP contribution in [0.3, 0.4) is 0 Å². The van der Waals surface area contributed by atoms with Gasteiger partial charge in [-0.3, -0.25) is 10.1 Å². The van der Waals surface area contributed by atoms with E-state index in [0.717, 1.165) is 5.69 Å². The number of hydrogen-bond donors (Lipinski definition) is 2. The highest BCUT2D eigenvalue weighted by atomic mass is 35.5. The number of amides is 3. The average molecular weight is 330 g/mol. The lowest BCUT2D eigenvalue weighted by Gasteiger charge is -2.18. The normalized spacial score (nSPS) is 15.5. The highest BCUT2D eigenvalue weighted by Crippen LogP contribution is 2.23. The van der Waals surface area contributed by atoms with Crippen LogP contribution in [-0.4, -0.2) is 29.0 Å². The molecule has 0 aliphatic carbocycles. The lowest BCUT2D eigenvalue weighted by Crippen LogP contribution is -2.22. The zero-order valence-electron chi connectivity index (χ0n) is 12.1. The molecule has 0 radical (unpaired) electrons. The summed E-state index contributed by atoms with van der Waals surface area (Å²) < 4.78 is 0. The summed E-state index contributed by atoms with van der Waals surface area (Å²) in [6.07, 6.45) is 1.44. The van der Waals surface area contributed by atoms with Gasteiger partial charge in [0.15, 0.2) is 0 Å². The Morgan fingerprint density at radius 3 is 2.52 bits per heavy atom. The number of carbonyl (C=O) groups excluding carboxylic acids is 2. The Bertz CT molecular complexity index is 807. The molecule has 3 rings (SSSR count). The molecular weight excluding hydrogens is 318 g/mol. The van der Waals surface area contributed by atoms with Gasteiger partial charge in [-0.25, -0.2) is 14.8 Å². The van der Waals surface area contributed by atoms with E-state index < -0.39 is 11.9 Å². The van der Waals surface area contributed by atoms with E-state index in [2.05, 4.69) is 20.6 Å². The number of halogens is 1. The third-order valence-corrected chi connectivity index (χ3v) is 3.37. The van der Waals surface area contributed by atoms with Crippen molar-refractivity contribution in [2.24, 2.45) is 0 Å². The van der Waals surface area contributed by atoms with Gasteiger partial charge in [-0.15, -0.1) is 0 Å². The van der Waals surface area contributed by atoms with Crippen molar-refractivity contribution in [2.75, 3.05) is 11.9 Å². The summed E-state index contributed by atoms with van der Waals surface area (Å²) in [4.78, 5) is 32.8. The first-order valence-electron chi connectivity index (χ1n) is 6.70. The quantitative estimate of drug-likeness (QED) is 0.511. The number of aromatic nitrogens is 2. The van der Waals surface area contributed by atoms with Crippen LogP contribution in [0.5, 0.6) is 0 Å². The molecule has 0 bridgehead atoms. The predicted molar refractivity (Wildman–Crippen MR) is 86.2 cm³/mol. The fraction of sp³-hybridized carbons (Fsp3) is 0.0667. The zero-order valence-corrected chi connectivity index (χ0v) is 12.8. The monoisotopic (exact) mass is 329 g/mol. The minimum absolute atomic E-state index is 0.0434. The molecular formula is C15H12ClN5O2. The van der Waals surface area contributed by atoms with Crippen LogP contribution in [0.4, 0.5) is 16.3 Å². The summed E-state index contributed by atoms with van der Waals surface area (Å²) in [5.74, 6) is 0.0514. The van der Waals surface area contributed by atoms with E-state index in [9.17, 15) is 9.59 Å². The topological polar surface area (TPSA) is 87.2 Å². The molecule has 1 aromatic heterocycles. The van der Waals surface area contributed by atoms with Gasteiger partial charge in [0, 0.05) is 18.8 Å². The second-order valence-corrected chi connectivity index (χ2v) is 5.12. The van der Waals surface area contributed by atoms with Gasteiger partial charge in [0.05, 0.1) is 5.69 Å². The molecule has 0 unspecified atom stereocenters. The van der Waals surface area contributed by atoms with Gasteiger partial charge < -0.3 is 10.2 Å². The molecule has 0 spiro atoms. The molecule has 1 fully saturated rings. The molecule has 1 aliphatic rings. The number of nitrogens with zero attached hydrogens (tertiary/aromatic N) is 3. The van der Waals surface area contributed by atoms with E-state index in [0.29, 0.717) is 11.5 Å². The second kappa shape index (κ2) is 6.05. The highest BCUT2D eigenvalue weighted by molar-refractivity contribution is 6.28. The molecule has 0 atom stereocenters. The second-order valence-electron chi connectivity index (χ2n) is 4.78. The van der Waals surface area contributed by atoms with Crippen LogP contribution >= 0.6 is 11.6 Å². The van der Waals surface area contributed by atoms with Crippen molar-refractivity contribution >= 4 is 41.1 Å². The zero-order chi connectivity index (χ0) is 16.4. The van der Waals surface area contributed by atoms with Crippen molar-refractivity contribution in [3.63, 3.8) is 0 Å². The molecule has 3 amide bonds. The first kappa shape index (κ1) is 15.0. The molecule has 23 heavy (non-hydrogen) atoms. The molecule has 1 aliphatic heterocycles. The molecule has 1 aromatic carbocycles. The number of carbonyl (C=O) groups is 2. The number of rotatable bonds is 3. The predicted octanol–water partition coefficient (Wildman–Crippen LogP) is 2.08. The van der Waals surface area contributed by atoms with Crippen LogP contribution in [-0.2, 0) is 4.79 Å². The third-order valence-electron chi connectivity index (χ3n) is 3.20. The maximum Gasteiger partial charge on any atom is 0.326 e. The van der Waals surface area contributed by atoms with Crippen LogP contribution in [0, 0.1) is 0 Å². The smallest absolute Gasteiger partial charge is 0.326 e. The Hall–Kier alpha value is -2.93. The van der Waals surface area contributed by atoms with E-state index in [1.54, 1.807) is 6.07 Å². The van der Waals surface area contributed by atoms with E-state index in [1.165, 1.54) is 6.08 Å². The van der Waals surface area contributed by atoms with Gasteiger partial charge in [-0.2, -0.15) is 0 Å². The molecule has 2 N–H and O–H groups in total. The van der Waals surface area contributed by atoms with Gasteiger partial charge in [0.2, 0.25) is 5.28 Å². The molecule has 2 heterocycles. The summed E-state index contributed by atoms with van der Waals surface area (Å²) in [6, 6.07) is 10.7. The van der Waals surface area contributed by atoms with Crippen molar-refractivity contribution in [3.8, 4) is 0 Å². The van der Waals surface area contributed by atoms with E-state index in [4.69, 9.17) is 11.6 Å². The molecule has 116 valence electrons. The summed E-state index contributed by atoms with van der Waals surface area (Å²) in [5.41, 5.74) is 1.45. The Labute approximate surface area is 137 Å². The average Bonchev–Trinajstić information content (AvgIpc) is 2.84. The molecule has 7 nitrogen and oxygen atoms in total. The van der Waals surface area contributed by atoms with Crippen molar-refractivity contribution < 1.29 is 9.59 Å². The third kappa shape index (κ3) is 3.29. The maximum atomic E-state index is 11.6. The number of urea groups is 1. The molecule has 0 saturated carbocycles. The van der Waals surface area contributed by atoms with Crippen LogP contribution in [0.1, 0.15) is 5.69 Å². The highest BCUT2D eigenvalue weighted by Gasteiger charge is 2.23. The number of imide groups is 1. The molecule has 8 heteroatoms. The van der Waals surface area contributed by atoms with E-state index in [1.807, 2.05) is 42.3 Å². The minimum atomic E-state index is -0.567. The summed E-state index contributed by atoms with van der Waals surface area (Å²) >= 11 is 5.97. The lowest BCUT2D eigenvalue weighted by molar-refractivity contribution is -0.115. The van der Waals surface area contributed by atoms with Crippen molar-refractivity contribution in [1.29, 1.82) is 0 Å².